The number of ether oxygens (including phenoxy) is 1. The topological polar surface area (TPSA) is 90.1 Å². The first-order chi connectivity index (χ1) is 12.7. The Morgan fingerprint density at radius 1 is 1.12 bits per heavy atom. The maximum atomic E-state index is 12.1. The number of aryl methyl sites for hydroxylation is 1. The van der Waals surface area contributed by atoms with Gasteiger partial charge >= 0.3 is 0 Å². The summed E-state index contributed by atoms with van der Waals surface area (Å²) >= 11 is 0. The fourth-order valence-electron chi connectivity index (χ4n) is 2.51. The molecule has 0 spiro atoms. The van der Waals surface area contributed by atoms with Crippen molar-refractivity contribution in [1.82, 2.24) is 15.2 Å². The molecule has 128 valence electrons. The number of hydrogen-bond acceptors (Lipinski definition) is 6. The number of hydrogen-bond donors (Lipinski definition) is 1. The average Bonchev–Trinajstić information content (AvgIpc) is 3.10. The van der Waals surface area contributed by atoms with Crippen molar-refractivity contribution >= 4 is 22.4 Å². The summed E-state index contributed by atoms with van der Waals surface area (Å²) in [4.78, 5) is 16.0. The van der Waals surface area contributed by atoms with Crippen LogP contribution >= 0.6 is 0 Å². The fourth-order valence-corrected chi connectivity index (χ4v) is 2.51. The normalized spacial score (nSPS) is 10.7. The van der Waals surface area contributed by atoms with E-state index in [4.69, 9.17) is 9.15 Å². The Labute approximate surface area is 148 Å². The SMILES string of the molecule is Cc1ocnc1C(=O)Nc1ccc(Oc2nncc3ccccc23)cc1. The summed E-state index contributed by atoms with van der Waals surface area (Å²) in [7, 11) is 0. The highest BCUT2D eigenvalue weighted by Crippen LogP contribution is 2.27. The molecular formula is C19H14N4O3. The summed E-state index contributed by atoms with van der Waals surface area (Å²) in [5.41, 5.74) is 0.880. The Bertz CT molecular complexity index is 1070. The second-order valence-electron chi connectivity index (χ2n) is 5.57. The Kier molecular flexibility index (Phi) is 4.03. The number of nitrogens with zero attached hydrogens (tertiary/aromatic N) is 3. The molecule has 1 N–H and O–H groups in total. The summed E-state index contributed by atoms with van der Waals surface area (Å²) in [5, 5.41) is 12.6. The first-order valence-corrected chi connectivity index (χ1v) is 7.90. The fraction of sp³-hybridized carbons (Fsp3) is 0.0526. The highest BCUT2D eigenvalue weighted by Gasteiger charge is 2.13. The van der Waals surface area contributed by atoms with E-state index in [2.05, 4.69) is 20.5 Å². The molecule has 1 amide bonds. The molecule has 0 fully saturated rings. The van der Waals surface area contributed by atoms with E-state index in [1.54, 1.807) is 37.4 Å². The number of oxazole rings is 1. The number of fused-ring (bicyclic) bond motifs is 1. The minimum Gasteiger partial charge on any atom is -0.448 e. The van der Waals surface area contributed by atoms with Crippen molar-refractivity contribution in [2.45, 2.75) is 6.92 Å². The van der Waals surface area contributed by atoms with Crippen molar-refractivity contribution in [2.75, 3.05) is 5.32 Å². The number of anilines is 1. The van der Waals surface area contributed by atoms with Gasteiger partial charge in [-0.1, -0.05) is 18.2 Å². The van der Waals surface area contributed by atoms with Crippen LogP contribution in [0.1, 0.15) is 16.2 Å². The summed E-state index contributed by atoms with van der Waals surface area (Å²) in [6.45, 7) is 1.68. The van der Waals surface area contributed by atoms with Gasteiger partial charge in [-0.2, -0.15) is 5.10 Å². The molecule has 0 atom stereocenters. The first kappa shape index (κ1) is 15.8. The summed E-state index contributed by atoms with van der Waals surface area (Å²) in [6.07, 6.45) is 2.93. The Balaban J connectivity index is 1.51. The van der Waals surface area contributed by atoms with Crippen LogP contribution in [0.5, 0.6) is 11.6 Å². The summed E-state index contributed by atoms with van der Waals surface area (Å²) in [5.74, 6) is 1.16. The van der Waals surface area contributed by atoms with Crippen LogP contribution in [-0.4, -0.2) is 21.1 Å². The Hall–Kier alpha value is -3.74. The number of carbonyl (C=O) groups is 1. The zero-order valence-electron chi connectivity index (χ0n) is 13.8. The van der Waals surface area contributed by atoms with Gasteiger partial charge in [0.1, 0.15) is 11.5 Å². The first-order valence-electron chi connectivity index (χ1n) is 7.90. The molecule has 7 heteroatoms. The lowest BCUT2D eigenvalue weighted by Crippen LogP contribution is -2.13. The minimum absolute atomic E-state index is 0.261. The predicted octanol–water partition coefficient (Wildman–Crippen LogP) is 3.97. The van der Waals surface area contributed by atoms with Crippen molar-refractivity contribution in [3.63, 3.8) is 0 Å². The van der Waals surface area contributed by atoms with Crippen LogP contribution in [0.4, 0.5) is 5.69 Å². The maximum Gasteiger partial charge on any atom is 0.277 e. The predicted molar refractivity (Wildman–Crippen MR) is 95.2 cm³/mol. The molecule has 0 aliphatic rings. The lowest BCUT2D eigenvalue weighted by Gasteiger charge is -2.08. The molecule has 0 unspecified atom stereocenters. The molecule has 26 heavy (non-hydrogen) atoms. The van der Waals surface area contributed by atoms with Crippen molar-refractivity contribution < 1.29 is 13.9 Å². The average molecular weight is 346 g/mol. The molecule has 0 saturated heterocycles. The van der Waals surface area contributed by atoms with Gasteiger partial charge in [0.15, 0.2) is 12.1 Å². The van der Waals surface area contributed by atoms with Crippen LogP contribution in [0.25, 0.3) is 10.8 Å². The van der Waals surface area contributed by atoms with Crippen molar-refractivity contribution in [2.24, 2.45) is 0 Å². The largest absolute Gasteiger partial charge is 0.448 e. The van der Waals surface area contributed by atoms with Crippen molar-refractivity contribution in [3.05, 3.63) is 72.6 Å². The molecule has 2 aromatic carbocycles. The van der Waals surface area contributed by atoms with Gasteiger partial charge in [-0.3, -0.25) is 4.79 Å². The number of carbonyl (C=O) groups excluding carboxylic acids is 1. The molecule has 2 heterocycles. The van der Waals surface area contributed by atoms with E-state index >= 15 is 0 Å². The smallest absolute Gasteiger partial charge is 0.277 e. The van der Waals surface area contributed by atoms with Crippen LogP contribution in [-0.2, 0) is 0 Å². The quantitative estimate of drug-likeness (QED) is 0.601. The van der Waals surface area contributed by atoms with Gasteiger partial charge in [0.25, 0.3) is 5.91 Å². The van der Waals surface area contributed by atoms with Crippen LogP contribution < -0.4 is 10.1 Å². The van der Waals surface area contributed by atoms with Gasteiger partial charge in [0.05, 0.1) is 6.20 Å². The van der Waals surface area contributed by atoms with Gasteiger partial charge in [0, 0.05) is 16.5 Å². The van der Waals surface area contributed by atoms with E-state index < -0.39 is 0 Å². The monoisotopic (exact) mass is 346 g/mol. The highest BCUT2D eigenvalue weighted by atomic mass is 16.5. The van der Waals surface area contributed by atoms with Crippen LogP contribution in [0, 0.1) is 6.92 Å². The molecule has 0 bridgehead atoms. The minimum atomic E-state index is -0.329. The maximum absolute atomic E-state index is 12.1. The summed E-state index contributed by atoms with van der Waals surface area (Å²) < 4.78 is 10.9. The standard InChI is InChI=1S/C19H14N4O3/c1-12-17(20-11-25-12)18(24)22-14-6-8-15(9-7-14)26-19-16-5-3-2-4-13(16)10-21-23-19/h2-11H,1H3,(H,22,24). The number of amides is 1. The van der Waals surface area contributed by atoms with E-state index in [9.17, 15) is 4.79 Å². The number of rotatable bonds is 4. The molecule has 0 aliphatic heterocycles. The molecule has 2 aromatic heterocycles. The highest BCUT2D eigenvalue weighted by molar-refractivity contribution is 6.03. The van der Waals surface area contributed by atoms with E-state index in [1.165, 1.54) is 6.39 Å². The van der Waals surface area contributed by atoms with Crippen LogP contribution in [0.3, 0.4) is 0 Å². The van der Waals surface area contributed by atoms with Gasteiger partial charge in [-0.15, -0.1) is 5.10 Å². The van der Waals surface area contributed by atoms with E-state index in [0.717, 1.165) is 10.8 Å². The van der Waals surface area contributed by atoms with Gasteiger partial charge in [-0.05, 0) is 37.3 Å². The van der Waals surface area contributed by atoms with Gasteiger partial charge in [0.2, 0.25) is 5.88 Å². The van der Waals surface area contributed by atoms with Crippen LogP contribution in [0.15, 0.2) is 65.5 Å². The molecule has 0 saturated carbocycles. The van der Waals surface area contributed by atoms with Gasteiger partial charge in [-0.25, -0.2) is 4.98 Å². The zero-order chi connectivity index (χ0) is 17.9. The van der Waals surface area contributed by atoms with E-state index in [-0.39, 0.29) is 11.6 Å². The third-order valence-electron chi connectivity index (χ3n) is 3.82. The van der Waals surface area contributed by atoms with Crippen molar-refractivity contribution in [1.29, 1.82) is 0 Å². The second kappa shape index (κ2) is 6.64. The number of aromatic nitrogens is 3. The molecule has 4 aromatic rings. The lowest BCUT2D eigenvalue weighted by molar-refractivity contribution is 0.102. The van der Waals surface area contributed by atoms with Gasteiger partial charge < -0.3 is 14.5 Å². The van der Waals surface area contributed by atoms with E-state index in [1.807, 2.05) is 24.3 Å². The summed E-state index contributed by atoms with van der Waals surface area (Å²) in [6, 6.07) is 14.7. The molecule has 7 nitrogen and oxygen atoms in total. The lowest BCUT2D eigenvalue weighted by atomic mass is 10.2. The molecule has 0 aliphatic carbocycles. The zero-order valence-corrected chi connectivity index (χ0v) is 13.8. The second-order valence-corrected chi connectivity index (χ2v) is 5.57. The Morgan fingerprint density at radius 2 is 1.92 bits per heavy atom. The van der Waals surface area contributed by atoms with Crippen LogP contribution in [0.2, 0.25) is 0 Å². The van der Waals surface area contributed by atoms with E-state index in [0.29, 0.717) is 23.1 Å². The third-order valence-corrected chi connectivity index (χ3v) is 3.82. The Morgan fingerprint density at radius 3 is 2.69 bits per heavy atom. The molecule has 0 radical (unpaired) electrons. The number of benzene rings is 2. The van der Waals surface area contributed by atoms with Crippen molar-refractivity contribution in [3.8, 4) is 11.6 Å². The molecule has 4 rings (SSSR count). The third kappa shape index (κ3) is 3.10. The number of nitrogens with one attached hydrogen (secondary N) is 1. The molecular weight excluding hydrogens is 332 g/mol.